The Kier molecular flexibility index (Phi) is 5.36. The molecule has 0 spiro atoms. The van der Waals surface area contributed by atoms with E-state index in [-0.39, 0.29) is 5.78 Å². The predicted octanol–water partition coefficient (Wildman–Crippen LogP) is 2.25. The van der Waals surface area contributed by atoms with Gasteiger partial charge in [0, 0.05) is 32.3 Å². The lowest BCUT2D eigenvalue weighted by atomic mass is 10.1. The van der Waals surface area contributed by atoms with Gasteiger partial charge in [0.25, 0.3) is 0 Å². The first-order valence-electron chi connectivity index (χ1n) is 6.67. The van der Waals surface area contributed by atoms with Crippen LogP contribution in [0.15, 0.2) is 18.2 Å². The summed E-state index contributed by atoms with van der Waals surface area (Å²) in [5.74, 6) is 1.05. The molecule has 1 aromatic rings. The van der Waals surface area contributed by atoms with Crippen LogP contribution in [0.5, 0.6) is 5.75 Å². The maximum atomic E-state index is 11.5. The quantitative estimate of drug-likeness (QED) is 0.675. The van der Waals surface area contributed by atoms with Crippen molar-refractivity contribution in [2.75, 3.05) is 33.5 Å². The van der Waals surface area contributed by atoms with Crippen molar-refractivity contribution in [1.29, 1.82) is 0 Å². The first-order chi connectivity index (χ1) is 9.31. The van der Waals surface area contributed by atoms with Crippen LogP contribution in [0.25, 0.3) is 0 Å². The summed E-state index contributed by atoms with van der Waals surface area (Å²) in [6.45, 7) is 2.51. The Hall–Kier alpha value is -1.39. The highest BCUT2D eigenvalue weighted by Gasteiger charge is 2.19. The molecule has 0 radical (unpaired) electrons. The van der Waals surface area contributed by atoms with Gasteiger partial charge in [0.1, 0.15) is 12.4 Å². The standard InChI is InChI=1S/C15H20O4/c1-17-7-2-8-18-9-10-19-13-4-5-14-12(11-13)3-6-15(14)16/h4-5,11H,2-3,6-10H2,1H3. The van der Waals surface area contributed by atoms with Crippen LogP contribution < -0.4 is 4.74 Å². The zero-order valence-corrected chi connectivity index (χ0v) is 11.3. The fraction of sp³-hybridized carbons (Fsp3) is 0.533. The van der Waals surface area contributed by atoms with E-state index >= 15 is 0 Å². The smallest absolute Gasteiger partial charge is 0.163 e. The van der Waals surface area contributed by atoms with Gasteiger partial charge in [0.2, 0.25) is 0 Å². The van der Waals surface area contributed by atoms with Crippen LogP contribution in [0.4, 0.5) is 0 Å². The number of ketones is 1. The Morgan fingerprint density at radius 2 is 2.00 bits per heavy atom. The first kappa shape index (κ1) is 14.0. The number of hydrogen-bond acceptors (Lipinski definition) is 4. The van der Waals surface area contributed by atoms with Crippen LogP contribution in [-0.4, -0.2) is 39.3 Å². The van der Waals surface area contributed by atoms with Gasteiger partial charge in [-0.2, -0.15) is 0 Å². The summed E-state index contributed by atoms with van der Waals surface area (Å²) in [7, 11) is 1.68. The van der Waals surface area contributed by atoms with E-state index in [0.29, 0.717) is 26.2 Å². The molecule has 0 aromatic heterocycles. The number of hydrogen-bond donors (Lipinski definition) is 0. The molecule has 0 amide bonds. The van der Waals surface area contributed by atoms with Gasteiger partial charge < -0.3 is 14.2 Å². The van der Waals surface area contributed by atoms with Gasteiger partial charge in [0.15, 0.2) is 5.78 Å². The monoisotopic (exact) mass is 264 g/mol. The van der Waals surface area contributed by atoms with E-state index in [1.807, 2.05) is 18.2 Å². The predicted molar refractivity (Wildman–Crippen MR) is 71.9 cm³/mol. The Bertz CT molecular complexity index is 428. The molecule has 19 heavy (non-hydrogen) atoms. The molecule has 1 aromatic carbocycles. The van der Waals surface area contributed by atoms with Crippen LogP contribution >= 0.6 is 0 Å². The normalized spacial score (nSPS) is 13.6. The minimum Gasteiger partial charge on any atom is -0.491 e. The summed E-state index contributed by atoms with van der Waals surface area (Å²) in [5.41, 5.74) is 1.95. The fourth-order valence-electron chi connectivity index (χ4n) is 2.15. The van der Waals surface area contributed by atoms with Gasteiger partial charge >= 0.3 is 0 Å². The third-order valence-electron chi connectivity index (χ3n) is 3.13. The minimum absolute atomic E-state index is 0.239. The highest BCUT2D eigenvalue weighted by Crippen LogP contribution is 2.25. The van der Waals surface area contributed by atoms with Crippen molar-refractivity contribution in [3.8, 4) is 5.75 Å². The topological polar surface area (TPSA) is 44.8 Å². The molecule has 104 valence electrons. The summed E-state index contributed by atoms with van der Waals surface area (Å²) in [6, 6.07) is 5.68. The molecule has 0 bridgehead atoms. The van der Waals surface area contributed by atoms with Crippen LogP contribution in [0.1, 0.15) is 28.8 Å². The van der Waals surface area contributed by atoms with Crippen LogP contribution in [0.2, 0.25) is 0 Å². The number of fused-ring (bicyclic) bond motifs is 1. The second-order valence-corrected chi connectivity index (χ2v) is 4.55. The lowest BCUT2D eigenvalue weighted by Gasteiger charge is -2.08. The number of benzene rings is 1. The Balaban J connectivity index is 1.68. The Morgan fingerprint density at radius 1 is 1.11 bits per heavy atom. The Morgan fingerprint density at radius 3 is 2.84 bits per heavy atom. The van der Waals surface area contributed by atoms with E-state index in [9.17, 15) is 4.79 Å². The van der Waals surface area contributed by atoms with E-state index in [4.69, 9.17) is 14.2 Å². The molecule has 4 heteroatoms. The zero-order valence-electron chi connectivity index (χ0n) is 11.3. The summed E-state index contributed by atoms with van der Waals surface area (Å²) < 4.78 is 15.9. The molecule has 0 heterocycles. The maximum Gasteiger partial charge on any atom is 0.163 e. The van der Waals surface area contributed by atoms with Crippen molar-refractivity contribution >= 4 is 5.78 Å². The first-order valence-corrected chi connectivity index (χ1v) is 6.67. The number of Topliss-reactive ketones (excluding diaryl/α,β-unsaturated/α-hetero) is 1. The molecular weight excluding hydrogens is 244 g/mol. The number of carbonyl (C=O) groups excluding carboxylic acids is 1. The van der Waals surface area contributed by atoms with Crippen LogP contribution in [-0.2, 0) is 15.9 Å². The van der Waals surface area contributed by atoms with E-state index < -0.39 is 0 Å². The third kappa shape index (κ3) is 4.04. The van der Waals surface area contributed by atoms with Crippen molar-refractivity contribution < 1.29 is 19.0 Å². The average Bonchev–Trinajstić information content (AvgIpc) is 2.79. The van der Waals surface area contributed by atoms with Crippen molar-refractivity contribution in [2.24, 2.45) is 0 Å². The Labute approximate surface area is 113 Å². The van der Waals surface area contributed by atoms with Crippen molar-refractivity contribution in [3.05, 3.63) is 29.3 Å². The summed E-state index contributed by atoms with van der Waals surface area (Å²) >= 11 is 0. The number of ether oxygens (including phenoxy) is 3. The summed E-state index contributed by atoms with van der Waals surface area (Å²) in [5, 5.41) is 0. The molecule has 0 unspecified atom stereocenters. The summed E-state index contributed by atoms with van der Waals surface area (Å²) in [6.07, 6.45) is 2.36. The third-order valence-corrected chi connectivity index (χ3v) is 3.13. The highest BCUT2D eigenvalue weighted by molar-refractivity contribution is 6.00. The molecule has 0 saturated heterocycles. The maximum absolute atomic E-state index is 11.5. The zero-order chi connectivity index (χ0) is 13.5. The number of carbonyl (C=O) groups is 1. The lowest BCUT2D eigenvalue weighted by Crippen LogP contribution is -2.08. The van der Waals surface area contributed by atoms with Gasteiger partial charge in [-0.25, -0.2) is 0 Å². The van der Waals surface area contributed by atoms with E-state index in [1.54, 1.807) is 7.11 Å². The van der Waals surface area contributed by atoms with Gasteiger partial charge in [-0.1, -0.05) is 0 Å². The fourth-order valence-corrected chi connectivity index (χ4v) is 2.15. The molecule has 4 nitrogen and oxygen atoms in total. The average molecular weight is 264 g/mol. The molecule has 1 aliphatic carbocycles. The molecule has 1 aliphatic rings. The SMILES string of the molecule is COCCCOCCOc1ccc2c(c1)CCC2=O. The van der Waals surface area contributed by atoms with Crippen molar-refractivity contribution in [1.82, 2.24) is 0 Å². The van der Waals surface area contributed by atoms with Crippen LogP contribution in [0.3, 0.4) is 0 Å². The van der Waals surface area contributed by atoms with Crippen LogP contribution in [0, 0.1) is 0 Å². The molecule has 0 fully saturated rings. The molecule has 0 N–H and O–H groups in total. The number of aryl methyl sites for hydroxylation is 1. The van der Waals surface area contributed by atoms with Crippen molar-refractivity contribution in [3.63, 3.8) is 0 Å². The molecule has 0 atom stereocenters. The van der Waals surface area contributed by atoms with Crippen molar-refractivity contribution in [2.45, 2.75) is 19.3 Å². The molecule has 0 aliphatic heterocycles. The number of methoxy groups -OCH3 is 1. The summed E-state index contributed by atoms with van der Waals surface area (Å²) in [4.78, 5) is 11.5. The molecule has 2 rings (SSSR count). The molecule has 0 saturated carbocycles. The second kappa shape index (κ2) is 7.26. The van der Waals surface area contributed by atoms with Gasteiger partial charge in [-0.15, -0.1) is 0 Å². The molecular formula is C15H20O4. The van der Waals surface area contributed by atoms with E-state index in [0.717, 1.165) is 36.3 Å². The minimum atomic E-state index is 0.239. The van der Waals surface area contributed by atoms with Gasteiger partial charge in [0.05, 0.1) is 6.61 Å². The largest absolute Gasteiger partial charge is 0.491 e. The lowest BCUT2D eigenvalue weighted by molar-refractivity contribution is 0.0806. The van der Waals surface area contributed by atoms with Gasteiger partial charge in [-0.05, 0) is 36.6 Å². The van der Waals surface area contributed by atoms with E-state index in [2.05, 4.69) is 0 Å². The highest BCUT2D eigenvalue weighted by atomic mass is 16.5. The van der Waals surface area contributed by atoms with Gasteiger partial charge in [-0.3, -0.25) is 4.79 Å². The number of rotatable bonds is 8. The second-order valence-electron chi connectivity index (χ2n) is 4.55. The van der Waals surface area contributed by atoms with E-state index in [1.165, 1.54) is 0 Å².